The number of carbonyl (C=O) groups is 1. The average Bonchev–Trinajstić information content (AvgIpc) is 3.22. The fraction of sp³-hybridized carbons (Fsp3) is 0.409. The molecule has 3 unspecified atom stereocenters. The summed E-state index contributed by atoms with van der Waals surface area (Å²) < 4.78 is 30.9. The van der Waals surface area contributed by atoms with Crippen molar-refractivity contribution in [2.45, 2.75) is 41.3 Å². The second-order valence-electron chi connectivity index (χ2n) is 7.98. The van der Waals surface area contributed by atoms with Gasteiger partial charge in [-0.15, -0.1) is 0 Å². The number of halogens is 1. The first-order valence-corrected chi connectivity index (χ1v) is 12.2. The van der Waals surface area contributed by atoms with E-state index in [1.807, 2.05) is 0 Å². The van der Waals surface area contributed by atoms with Crippen LogP contribution in [0.1, 0.15) is 18.4 Å². The maximum atomic E-state index is 12.9. The Labute approximate surface area is 187 Å². The number of amides is 1. The van der Waals surface area contributed by atoms with Gasteiger partial charge < -0.3 is 20.7 Å². The van der Waals surface area contributed by atoms with Crippen LogP contribution in [0.5, 0.6) is 5.75 Å². The molecule has 31 heavy (non-hydrogen) atoms. The lowest BCUT2D eigenvalue weighted by Crippen LogP contribution is -2.45. The number of hydrogen-bond donors (Lipinski definition) is 3. The monoisotopic (exact) mass is 463 g/mol. The van der Waals surface area contributed by atoms with Crippen LogP contribution in [0, 0.1) is 5.92 Å². The maximum Gasteiger partial charge on any atom is 0.237 e. The summed E-state index contributed by atoms with van der Waals surface area (Å²) in [6.45, 7) is 2.29. The van der Waals surface area contributed by atoms with Gasteiger partial charge in [-0.3, -0.25) is 4.79 Å². The van der Waals surface area contributed by atoms with Crippen LogP contribution >= 0.6 is 11.6 Å². The Morgan fingerprint density at radius 1 is 1.19 bits per heavy atom. The first-order valence-electron chi connectivity index (χ1n) is 10.3. The number of methoxy groups -OCH3 is 1. The van der Waals surface area contributed by atoms with E-state index >= 15 is 0 Å². The molecular weight excluding hydrogens is 438 g/mol. The second-order valence-corrected chi connectivity index (χ2v) is 10.3. The molecule has 9 heteroatoms. The van der Waals surface area contributed by atoms with Gasteiger partial charge in [0, 0.05) is 18.7 Å². The SMILES string of the molecule is COc1cc(S(=O)(=O)c2ccc(CNC(=O)C3CC4CNCCC4N3)cc2)ccc1Cl. The van der Waals surface area contributed by atoms with Gasteiger partial charge in [0.2, 0.25) is 15.7 Å². The summed E-state index contributed by atoms with van der Waals surface area (Å²) in [5.74, 6) is 0.790. The smallest absolute Gasteiger partial charge is 0.237 e. The minimum atomic E-state index is -3.70. The zero-order valence-corrected chi connectivity index (χ0v) is 18.8. The summed E-state index contributed by atoms with van der Waals surface area (Å²) >= 11 is 5.99. The number of nitrogens with one attached hydrogen (secondary N) is 3. The summed E-state index contributed by atoms with van der Waals surface area (Å²) in [4.78, 5) is 12.8. The van der Waals surface area contributed by atoms with Crippen molar-refractivity contribution in [2.24, 2.45) is 5.92 Å². The van der Waals surface area contributed by atoms with E-state index in [1.165, 1.54) is 25.3 Å². The van der Waals surface area contributed by atoms with Crippen molar-refractivity contribution in [3.8, 4) is 5.75 Å². The number of piperidine rings is 1. The normalized spacial score (nSPS) is 23.2. The van der Waals surface area contributed by atoms with Crippen LogP contribution in [-0.4, -0.2) is 46.6 Å². The molecular formula is C22H26ClN3O4S. The highest BCUT2D eigenvalue weighted by Gasteiger charge is 2.38. The van der Waals surface area contributed by atoms with Crippen LogP contribution in [-0.2, 0) is 21.2 Å². The van der Waals surface area contributed by atoms with Crippen molar-refractivity contribution < 1.29 is 17.9 Å². The number of hydrogen-bond acceptors (Lipinski definition) is 6. The minimum Gasteiger partial charge on any atom is -0.495 e. The van der Waals surface area contributed by atoms with Crippen LogP contribution < -0.4 is 20.7 Å². The summed E-state index contributed by atoms with van der Waals surface area (Å²) in [7, 11) is -2.27. The zero-order chi connectivity index (χ0) is 22.0. The second kappa shape index (κ2) is 9.16. The third-order valence-electron chi connectivity index (χ3n) is 6.01. The van der Waals surface area contributed by atoms with Crippen molar-refractivity contribution in [2.75, 3.05) is 20.2 Å². The third-order valence-corrected chi connectivity index (χ3v) is 8.09. The van der Waals surface area contributed by atoms with Gasteiger partial charge in [0.1, 0.15) is 5.75 Å². The standard InChI is InChI=1S/C22H26ClN3O4S/c1-30-21-11-17(6-7-18(21)23)31(28,29)16-4-2-14(3-5-16)12-25-22(27)20-10-15-13-24-9-8-19(15)26-20/h2-7,11,15,19-20,24,26H,8-10,12-13H2,1H3,(H,25,27). The summed E-state index contributed by atoms with van der Waals surface area (Å²) in [5.41, 5.74) is 0.832. The van der Waals surface area contributed by atoms with Gasteiger partial charge in [-0.2, -0.15) is 0 Å². The van der Waals surface area contributed by atoms with E-state index in [0.29, 0.717) is 29.3 Å². The molecule has 1 amide bonds. The van der Waals surface area contributed by atoms with Crippen molar-refractivity contribution in [1.82, 2.24) is 16.0 Å². The first-order chi connectivity index (χ1) is 14.9. The molecule has 2 heterocycles. The zero-order valence-electron chi connectivity index (χ0n) is 17.2. The van der Waals surface area contributed by atoms with Crippen molar-refractivity contribution in [3.05, 3.63) is 53.1 Å². The Morgan fingerprint density at radius 2 is 1.94 bits per heavy atom. The number of carbonyl (C=O) groups excluding carboxylic acids is 1. The van der Waals surface area contributed by atoms with E-state index in [-0.39, 0.29) is 21.7 Å². The topological polar surface area (TPSA) is 96.5 Å². The van der Waals surface area contributed by atoms with E-state index in [1.54, 1.807) is 24.3 Å². The molecule has 0 radical (unpaired) electrons. The predicted molar refractivity (Wildman–Crippen MR) is 118 cm³/mol. The molecule has 2 aliphatic rings. The van der Waals surface area contributed by atoms with Gasteiger partial charge in [-0.05, 0) is 61.7 Å². The highest BCUT2D eigenvalue weighted by atomic mass is 35.5. The number of rotatable bonds is 6. The fourth-order valence-electron chi connectivity index (χ4n) is 4.24. The Balaban J connectivity index is 1.38. The van der Waals surface area contributed by atoms with Crippen molar-refractivity contribution in [3.63, 3.8) is 0 Å². The van der Waals surface area contributed by atoms with Gasteiger partial charge in [0.05, 0.1) is 28.0 Å². The minimum absolute atomic E-state index is 0.0145. The van der Waals surface area contributed by atoms with Crippen LogP contribution in [0.2, 0.25) is 5.02 Å². The summed E-state index contributed by atoms with van der Waals surface area (Å²) in [5, 5.41) is 10.1. The lowest BCUT2D eigenvalue weighted by atomic mass is 9.94. The van der Waals surface area contributed by atoms with Gasteiger partial charge >= 0.3 is 0 Å². The Bertz CT molecular complexity index is 1040. The van der Waals surface area contributed by atoms with Gasteiger partial charge in [-0.1, -0.05) is 23.7 Å². The van der Waals surface area contributed by atoms with Crippen molar-refractivity contribution in [1.29, 1.82) is 0 Å². The average molecular weight is 464 g/mol. The number of fused-ring (bicyclic) bond motifs is 1. The molecule has 3 N–H and O–H groups in total. The third kappa shape index (κ3) is 4.72. The molecule has 166 valence electrons. The van der Waals surface area contributed by atoms with Crippen LogP contribution in [0.4, 0.5) is 0 Å². The van der Waals surface area contributed by atoms with E-state index in [0.717, 1.165) is 31.5 Å². The quantitative estimate of drug-likeness (QED) is 0.607. The highest BCUT2D eigenvalue weighted by Crippen LogP contribution is 2.30. The lowest BCUT2D eigenvalue weighted by Gasteiger charge is -2.25. The molecule has 2 saturated heterocycles. The van der Waals surface area contributed by atoms with Gasteiger partial charge in [0.25, 0.3) is 0 Å². The number of benzene rings is 2. The molecule has 2 aliphatic heterocycles. The molecule has 4 rings (SSSR count). The van der Waals surface area contributed by atoms with Crippen LogP contribution in [0.25, 0.3) is 0 Å². The van der Waals surface area contributed by atoms with E-state index in [2.05, 4.69) is 16.0 Å². The molecule has 0 spiro atoms. The Morgan fingerprint density at radius 3 is 2.65 bits per heavy atom. The van der Waals surface area contributed by atoms with E-state index in [9.17, 15) is 13.2 Å². The summed E-state index contributed by atoms with van der Waals surface area (Å²) in [6.07, 6.45) is 1.88. The largest absolute Gasteiger partial charge is 0.495 e. The molecule has 0 aliphatic carbocycles. The molecule has 0 aromatic heterocycles. The molecule has 2 fully saturated rings. The van der Waals surface area contributed by atoms with Crippen LogP contribution in [0.3, 0.4) is 0 Å². The predicted octanol–water partition coefficient (Wildman–Crippen LogP) is 2.14. The van der Waals surface area contributed by atoms with Gasteiger partial charge in [-0.25, -0.2) is 8.42 Å². The van der Waals surface area contributed by atoms with Crippen molar-refractivity contribution >= 4 is 27.3 Å². The molecule has 2 aromatic rings. The van der Waals surface area contributed by atoms with E-state index < -0.39 is 9.84 Å². The van der Waals surface area contributed by atoms with E-state index in [4.69, 9.17) is 16.3 Å². The molecule has 3 atom stereocenters. The first kappa shape index (κ1) is 22.1. The fourth-order valence-corrected chi connectivity index (χ4v) is 5.71. The molecule has 0 saturated carbocycles. The maximum absolute atomic E-state index is 12.9. The molecule has 0 bridgehead atoms. The Kier molecular flexibility index (Phi) is 6.52. The lowest BCUT2D eigenvalue weighted by molar-refractivity contribution is -0.123. The highest BCUT2D eigenvalue weighted by molar-refractivity contribution is 7.91. The number of sulfone groups is 1. The summed E-state index contributed by atoms with van der Waals surface area (Å²) in [6, 6.07) is 11.1. The molecule has 7 nitrogen and oxygen atoms in total. The van der Waals surface area contributed by atoms with Crippen LogP contribution in [0.15, 0.2) is 52.3 Å². The van der Waals surface area contributed by atoms with Gasteiger partial charge in [0.15, 0.2) is 0 Å². The molecule has 2 aromatic carbocycles. The number of ether oxygens (including phenoxy) is 1. The Hall–Kier alpha value is -2.13.